The molecule has 2 saturated heterocycles. The fourth-order valence-corrected chi connectivity index (χ4v) is 3.92. The zero-order valence-corrected chi connectivity index (χ0v) is 20.5. The Kier molecular flexibility index (Phi) is 9.76. The van der Waals surface area contributed by atoms with Crippen molar-refractivity contribution < 1.29 is 41.7 Å². The Bertz CT molecular complexity index is 864. The number of ether oxygens (including phenoxy) is 2. The second-order valence-electron chi connectivity index (χ2n) is 9.84. The molecular formula is C24H34F4N2O5. The molecule has 0 unspecified atom stereocenters. The molecule has 3 rings (SSSR count). The van der Waals surface area contributed by atoms with Crippen LogP contribution in [0.4, 0.5) is 22.4 Å². The van der Waals surface area contributed by atoms with Gasteiger partial charge in [-0.3, -0.25) is 4.90 Å². The van der Waals surface area contributed by atoms with Crippen LogP contribution in [0.5, 0.6) is 5.75 Å². The molecule has 1 atom stereocenters. The van der Waals surface area contributed by atoms with E-state index in [1.165, 1.54) is 18.9 Å². The van der Waals surface area contributed by atoms with Crippen LogP contribution in [0.2, 0.25) is 0 Å². The molecule has 7 nitrogen and oxygen atoms in total. The van der Waals surface area contributed by atoms with Crippen molar-refractivity contribution >= 4 is 12.1 Å². The maximum Gasteiger partial charge on any atom is 0.490 e. The van der Waals surface area contributed by atoms with Crippen LogP contribution in [0, 0.1) is 5.82 Å². The van der Waals surface area contributed by atoms with Crippen LogP contribution < -0.4 is 4.74 Å². The van der Waals surface area contributed by atoms with Crippen LogP contribution in [0.1, 0.15) is 58.9 Å². The number of hydrogen-bond acceptors (Lipinski definition) is 5. The number of likely N-dealkylation sites (tertiary alicyclic amines) is 2. The number of carboxylic acid groups (broad SMARTS) is 1. The number of carbonyl (C=O) groups excluding carboxylic acids is 1. The van der Waals surface area contributed by atoms with Crippen molar-refractivity contribution in [2.45, 2.75) is 83.8 Å². The maximum absolute atomic E-state index is 14.1. The van der Waals surface area contributed by atoms with Crippen molar-refractivity contribution in [2.75, 3.05) is 19.6 Å². The Balaban J connectivity index is 0.000000540. The third kappa shape index (κ3) is 9.91. The summed E-state index contributed by atoms with van der Waals surface area (Å²) < 4.78 is 57.3. The normalized spacial score (nSPS) is 19.7. The third-order valence-electron chi connectivity index (χ3n) is 5.65. The van der Waals surface area contributed by atoms with Crippen LogP contribution >= 0.6 is 0 Å². The van der Waals surface area contributed by atoms with Gasteiger partial charge in [-0.15, -0.1) is 0 Å². The molecule has 11 heteroatoms. The van der Waals surface area contributed by atoms with Crippen LogP contribution in [0.3, 0.4) is 0 Å². The summed E-state index contributed by atoms with van der Waals surface area (Å²) in [6.07, 6.45) is -1.54. The number of amides is 1. The monoisotopic (exact) mass is 506 g/mol. The molecule has 0 radical (unpaired) electrons. The number of rotatable bonds is 4. The van der Waals surface area contributed by atoms with E-state index in [4.69, 9.17) is 19.4 Å². The number of benzene rings is 1. The van der Waals surface area contributed by atoms with E-state index >= 15 is 0 Å². The molecular weight excluding hydrogens is 472 g/mol. The summed E-state index contributed by atoms with van der Waals surface area (Å²) in [5, 5.41) is 7.12. The molecule has 1 aromatic carbocycles. The van der Waals surface area contributed by atoms with E-state index < -0.39 is 17.7 Å². The summed E-state index contributed by atoms with van der Waals surface area (Å²) in [7, 11) is 0. The van der Waals surface area contributed by atoms with Gasteiger partial charge in [0, 0.05) is 44.6 Å². The number of hydrogen-bond donors (Lipinski definition) is 1. The van der Waals surface area contributed by atoms with Gasteiger partial charge in [-0.05, 0) is 64.8 Å². The quantitative estimate of drug-likeness (QED) is 0.564. The number of alkyl halides is 3. The Morgan fingerprint density at radius 2 is 1.66 bits per heavy atom. The number of halogens is 4. The van der Waals surface area contributed by atoms with Gasteiger partial charge in [0.25, 0.3) is 0 Å². The average molecular weight is 507 g/mol. The first-order valence-electron chi connectivity index (χ1n) is 11.6. The lowest BCUT2D eigenvalue weighted by Gasteiger charge is -2.33. The SMILES string of the molecule is C[C@H]1CCCN1Cc1cc(F)cc(OC2CCN(C(=O)OC(C)(C)C)CC2)c1.O=C(O)C(F)(F)F. The topological polar surface area (TPSA) is 79.3 Å². The van der Waals surface area contributed by atoms with E-state index in [9.17, 15) is 22.4 Å². The van der Waals surface area contributed by atoms with Gasteiger partial charge in [-0.25, -0.2) is 14.0 Å². The van der Waals surface area contributed by atoms with E-state index in [1.54, 1.807) is 11.0 Å². The lowest BCUT2D eigenvalue weighted by atomic mass is 10.1. The fourth-order valence-electron chi connectivity index (χ4n) is 3.92. The van der Waals surface area contributed by atoms with Crippen molar-refractivity contribution in [3.8, 4) is 5.75 Å². The molecule has 2 heterocycles. The van der Waals surface area contributed by atoms with E-state index in [2.05, 4.69) is 11.8 Å². The number of aliphatic carboxylic acids is 1. The summed E-state index contributed by atoms with van der Waals surface area (Å²) in [6.45, 7) is 10.8. The number of carboxylic acids is 1. The summed E-state index contributed by atoms with van der Waals surface area (Å²) in [5.74, 6) is -2.43. The van der Waals surface area contributed by atoms with Gasteiger partial charge in [0.15, 0.2) is 0 Å². The van der Waals surface area contributed by atoms with Gasteiger partial charge in [0.1, 0.15) is 23.3 Å². The molecule has 2 aliphatic rings. The van der Waals surface area contributed by atoms with Gasteiger partial charge in [0.05, 0.1) is 0 Å². The molecule has 1 amide bonds. The van der Waals surface area contributed by atoms with Gasteiger partial charge in [-0.1, -0.05) is 0 Å². The molecule has 0 saturated carbocycles. The minimum Gasteiger partial charge on any atom is -0.490 e. The van der Waals surface area contributed by atoms with Crippen LogP contribution in [0.25, 0.3) is 0 Å². The Hall–Kier alpha value is -2.56. The van der Waals surface area contributed by atoms with Crippen molar-refractivity contribution in [1.29, 1.82) is 0 Å². The smallest absolute Gasteiger partial charge is 0.490 e. The minimum atomic E-state index is -5.08. The summed E-state index contributed by atoms with van der Waals surface area (Å²) in [6, 6.07) is 5.55. The Morgan fingerprint density at radius 1 is 1.06 bits per heavy atom. The molecule has 198 valence electrons. The largest absolute Gasteiger partial charge is 0.490 e. The van der Waals surface area contributed by atoms with Crippen molar-refractivity contribution in [3.05, 3.63) is 29.6 Å². The van der Waals surface area contributed by atoms with Crippen LogP contribution in [0.15, 0.2) is 18.2 Å². The second kappa shape index (κ2) is 11.9. The highest BCUT2D eigenvalue weighted by Gasteiger charge is 2.38. The van der Waals surface area contributed by atoms with Crippen LogP contribution in [-0.4, -0.2) is 70.5 Å². The third-order valence-corrected chi connectivity index (χ3v) is 5.65. The highest BCUT2D eigenvalue weighted by atomic mass is 19.4. The molecule has 0 aromatic heterocycles. The van der Waals surface area contributed by atoms with E-state index in [-0.39, 0.29) is 18.0 Å². The first kappa shape index (κ1) is 28.7. The first-order chi connectivity index (χ1) is 16.1. The van der Waals surface area contributed by atoms with E-state index in [1.807, 2.05) is 26.8 Å². The minimum absolute atomic E-state index is 0.0148. The second-order valence-corrected chi connectivity index (χ2v) is 9.84. The maximum atomic E-state index is 14.1. The average Bonchev–Trinajstić information content (AvgIpc) is 3.11. The summed E-state index contributed by atoms with van der Waals surface area (Å²) in [4.78, 5) is 25.2. The van der Waals surface area contributed by atoms with Gasteiger partial charge in [-0.2, -0.15) is 13.2 Å². The lowest BCUT2D eigenvalue weighted by molar-refractivity contribution is -0.192. The Morgan fingerprint density at radius 3 is 2.14 bits per heavy atom. The summed E-state index contributed by atoms with van der Waals surface area (Å²) in [5.41, 5.74) is 0.463. The predicted molar refractivity (Wildman–Crippen MR) is 121 cm³/mol. The molecule has 2 fully saturated rings. The molecule has 35 heavy (non-hydrogen) atoms. The van der Waals surface area contributed by atoms with Crippen molar-refractivity contribution in [2.24, 2.45) is 0 Å². The zero-order chi connectivity index (χ0) is 26.4. The van der Waals surface area contributed by atoms with Gasteiger partial charge >= 0.3 is 18.2 Å². The molecule has 2 aliphatic heterocycles. The van der Waals surface area contributed by atoms with Gasteiger partial charge < -0.3 is 19.5 Å². The van der Waals surface area contributed by atoms with E-state index in [0.29, 0.717) is 37.7 Å². The standard InChI is InChI=1S/C22H33FN2O3.C2HF3O2/c1-16-6-5-9-25(16)15-17-12-18(23)14-20(13-17)27-19-7-10-24(11-8-19)21(26)28-22(2,3)4;3-2(4,5)1(6)7/h12-14,16,19H,5-11,15H2,1-4H3;(H,6,7)/t16-;/m0./s1. The molecule has 1 aromatic rings. The van der Waals surface area contributed by atoms with Crippen molar-refractivity contribution in [3.63, 3.8) is 0 Å². The highest BCUT2D eigenvalue weighted by Crippen LogP contribution is 2.25. The summed E-state index contributed by atoms with van der Waals surface area (Å²) >= 11 is 0. The lowest BCUT2D eigenvalue weighted by Crippen LogP contribution is -2.44. The number of nitrogens with zero attached hydrogens (tertiary/aromatic N) is 2. The van der Waals surface area contributed by atoms with E-state index in [0.717, 1.165) is 18.7 Å². The predicted octanol–water partition coefficient (Wildman–Crippen LogP) is 5.22. The molecule has 1 N–H and O–H groups in total. The Labute approximate surface area is 203 Å². The molecule has 0 spiro atoms. The first-order valence-corrected chi connectivity index (χ1v) is 11.6. The van der Waals surface area contributed by atoms with Crippen LogP contribution in [-0.2, 0) is 16.1 Å². The number of piperidine rings is 1. The fraction of sp³-hybridized carbons (Fsp3) is 0.667. The highest BCUT2D eigenvalue weighted by molar-refractivity contribution is 5.73. The number of carbonyl (C=O) groups is 2. The van der Waals surface area contributed by atoms with Gasteiger partial charge in [0.2, 0.25) is 0 Å². The molecule has 0 aliphatic carbocycles. The van der Waals surface area contributed by atoms with Crippen molar-refractivity contribution in [1.82, 2.24) is 9.80 Å². The zero-order valence-electron chi connectivity index (χ0n) is 20.5. The molecule has 0 bridgehead atoms.